The third kappa shape index (κ3) is 3.79. The Morgan fingerprint density at radius 3 is 2.75 bits per heavy atom. The summed E-state index contributed by atoms with van der Waals surface area (Å²) in [5.74, 6) is 0.586. The van der Waals surface area contributed by atoms with Crippen LogP contribution < -0.4 is 10.2 Å². The van der Waals surface area contributed by atoms with Crippen molar-refractivity contribution in [2.75, 3.05) is 18.5 Å². The number of hydrogen-bond donors (Lipinski definition) is 1. The van der Waals surface area contributed by atoms with Crippen LogP contribution in [0.2, 0.25) is 0 Å². The molecule has 1 fully saturated rings. The minimum atomic E-state index is -0.0650. The summed E-state index contributed by atoms with van der Waals surface area (Å²) in [5, 5.41) is 3.09. The van der Waals surface area contributed by atoms with Gasteiger partial charge in [0, 0.05) is 13.1 Å². The Bertz CT molecular complexity index is 481. The summed E-state index contributed by atoms with van der Waals surface area (Å²) in [4.78, 5) is 30.1. The fourth-order valence-corrected chi connectivity index (χ4v) is 3.31. The molecule has 6 heteroatoms. The molecule has 0 saturated heterocycles. The maximum atomic E-state index is 12.3. The standard InChI is InChI=1S/C14H21N3O2S/c1-10(18)8-17(2)13-12(20-9-15-13)14(19)16-11-6-4-3-5-7-11/h9,11H,3-8H2,1-2H3,(H,16,19). The van der Waals surface area contributed by atoms with E-state index in [0.717, 1.165) is 12.8 Å². The predicted octanol–water partition coefficient (Wildman–Crippen LogP) is 2.23. The molecule has 1 aliphatic carbocycles. The minimum Gasteiger partial charge on any atom is -0.351 e. The van der Waals surface area contributed by atoms with Gasteiger partial charge in [-0.25, -0.2) is 4.98 Å². The topological polar surface area (TPSA) is 62.3 Å². The van der Waals surface area contributed by atoms with Crippen LogP contribution in [0.15, 0.2) is 5.51 Å². The summed E-state index contributed by atoms with van der Waals surface area (Å²) in [6.07, 6.45) is 5.75. The van der Waals surface area contributed by atoms with Gasteiger partial charge in [-0.2, -0.15) is 0 Å². The highest BCUT2D eigenvalue weighted by Crippen LogP contribution is 2.23. The lowest BCUT2D eigenvalue weighted by Crippen LogP contribution is -2.36. The normalized spacial score (nSPS) is 15.9. The van der Waals surface area contributed by atoms with Crippen LogP contribution in [-0.2, 0) is 4.79 Å². The molecular formula is C14H21N3O2S. The number of Topliss-reactive ketones (excluding diaryl/α,β-unsaturated/α-hetero) is 1. The van der Waals surface area contributed by atoms with Gasteiger partial charge in [0.2, 0.25) is 0 Å². The molecule has 0 spiro atoms. The van der Waals surface area contributed by atoms with Gasteiger partial charge in [-0.1, -0.05) is 19.3 Å². The van der Waals surface area contributed by atoms with Gasteiger partial charge in [0.15, 0.2) is 5.82 Å². The third-order valence-corrected chi connectivity index (χ3v) is 4.33. The first kappa shape index (κ1) is 15.0. The van der Waals surface area contributed by atoms with Crippen LogP contribution in [0.5, 0.6) is 0 Å². The molecule has 1 aromatic rings. The Labute approximate surface area is 123 Å². The van der Waals surface area contributed by atoms with Gasteiger partial charge in [-0.3, -0.25) is 9.59 Å². The number of nitrogens with zero attached hydrogens (tertiary/aromatic N) is 2. The Balaban J connectivity index is 2.02. The summed E-state index contributed by atoms with van der Waals surface area (Å²) >= 11 is 1.33. The van der Waals surface area contributed by atoms with Gasteiger partial charge in [-0.15, -0.1) is 11.3 Å². The number of likely N-dealkylation sites (N-methyl/N-ethyl adjacent to an activating group) is 1. The molecule has 1 aromatic heterocycles. The lowest BCUT2D eigenvalue weighted by molar-refractivity contribution is -0.115. The van der Waals surface area contributed by atoms with E-state index in [1.807, 2.05) is 0 Å². The Morgan fingerprint density at radius 2 is 2.10 bits per heavy atom. The Hall–Kier alpha value is -1.43. The molecule has 0 aliphatic heterocycles. The maximum absolute atomic E-state index is 12.3. The second-order valence-electron chi connectivity index (χ2n) is 5.37. The lowest BCUT2D eigenvalue weighted by atomic mass is 9.95. The van der Waals surface area contributed by atoms with Crippen LogP contribution in [0.3, 0.4) is 0 Å². The van der Waals surface area contributed by atoms with Crippen LogP contribution in [-0.4, -0.2) is 36.3 Å². The van der Waals surface area contributed by atoms with Crippen molar-refractivity contribution in [3.8, 4) is 0 Å². The molecule has 1 saturated carbocycles. The van der Waals surface area contributed by atoms with E-state index in [0.29, 0.717) is 10.7 Å². The number of ketones is 1. The zero-order valence-corrected chi connectivity index (χ0v) is 12.8. The highest BCUT2D eigenvalue weighted by molar-refractivity contribution is 7.12. The molecule has 1 heterocycles. The van der Waals surface area contributed by atoms with Crippen molar-refractivity contribution in [3.05, 3.63) is 10.4 Å². The first-order valence-corrected chi connectivity index (χ1v) is 7.91. The van der Waals surface area contributed by atoms with E-state index in [-0.39, 0.29) is 24.3 Å². The molecule has 1 aliphatic rings. The van der Waals surface area contributed by atoms with Crippen molar-refractivity contribution in [2.24, 2.45) is 0 Å². The van der Waals surface area contributed by atoms with Crippen molar-refractivity contribution < 1.29 is 9.59 Å². The van der Waals surface area contributed by atoms with Crippen LogP contribution in [0.25, 0.3) is 0 Å². The number of thiazole rings is 1. The zero-order chi connectivity index (χ0) is 14.5. The second-order valence-corrected chi connectivity index (χ2v) is 6.23. The predicted molar refractivity (Wildman–Crippen MR) is 80.4 cm³/mol. The summed E-state index contributed by atoms with van der Waals surface area (Å²) in [6.45, 7) is 1.80. The number of carbonyl (C=O) groups excluding carboxylic acids is 2. The van der Waals surface area contributed by atoms with E-state index >= 15 is 0 Å². The fraction of sp³-hybridized carbons (Fsp3) is 0.643. The van der Waals surface area contributed by atoms with Gasteiger partial charge in [0.1, 0.15) is 10.7 Å². The largest absolute Gasteiger partial charge is 0.351 e. The number of nitrogens with one attached hydrogen (secondary N) is 1. The molecule has 5 nitrogen and oxygen atoms in total. The molecule has 110 valence electrons. The molecule has 20 heavy (non-hydrogen) atoms. The lowest BCUT2D eigenvalue weighted by Gasteiger charge is -2.23. The van der Waals surface area contributed by atoms with Gasteiger partial charge in [0.25, 0.3) is 5.91 Å². The Morgan fingerprint density at radius 1 is 1.40 bits per heavy atom. The number of hydrogen-bond acceptors (Lipinski definition) is 5. The smallest absolute Gasteiger partial charge is 0.265 e. The highest BCUT2D eigenvalue weighted by Gasteiger charge is 2.22. The summed E-state index contributed by atoms with van der Waals surface area (Å²) in [5.41, 5.74) is 1.65. The number of anilines is 1. The van der Waals surface area contributed by atoms with Gasteiger partial charge in [-0.05, 0) is 19.8 Å². The monoisotopic (exact) mass is 295 g/mol. The molecule has 2 rings (SSSR count). The minimum absolute atomic E-state index is 0.0548. The zero-order valence-electron chi connectivity index (χ0n) is 12.0. The highest BCUT2D eigenvalue weighted by atomic mass is 32.1. The quantitative estimate of drug-likeness (QED) is 0.905. The number of carbonyl (C=O) groups is 2. The van der Waals surface area contributed by atoms with Crippen molar-refractivity contribution in [1.82, 2.24) is 10.3 Å². The van der Waals surface area contributed by atoms with Gasteiger partial charge in [0.05, 0.1) is 12.1 Å². The van der Waals surface area contributed by atoms with Crippen LogP contribution in [0, 0.1) is 0 Å². The molecule has 0 unspecified atom stereocenters. The van der Waals surface area contributed by atoms with Gasteiger partial charge >= 0.3 is 0 Å². The average Bonchev–Trinajstić information content (AvgIpc) is 2.88. The van der Waals surface area contributed by atoms with Crippen LogP contribution in [0.1, 0.15) is 48.7 Å². The van der Waals surface area contributed by atoms with Crippen LogP contribution >= 0.6 is 11.3 Å². The summed E-state index contributed by atoms with van der Waals surface area (Å²) in [7, 11) is 1.79. The van der Waals surface area contributed by atoms with E-state index in [1.165, 1.54) is 37.5 Å². The van der Waals surface area contributed by atoms with Crippen molar-refractivity contribution in [3.63, 3.8) is 0 Å². The Kier molecular flexibility index (Phi) is 5.11. The first-order valence-electron chi connectivity index (χ1n) is 7.03. The fourth-order valence-electron chi connectivity index (χ4n) is 2.57. The molecule has 0 bridgehead atoms. The maximum Gasteiger partial charge on any atom is 0.265 e. The molecular weight excluding hydrogens is 274 g/mol. The molecule has 1 N–H and O–H groups in total. The molecule has 0 radical (unpaired) electrons. The number of aromatic nitrogens is 1. The van der Waals surface area contributed by atoms with Crippen molar-refractivity contribution in [1.29, 1.82) is 0 Å². The van der Waals surface area contributed by atoms with Crippen molar-refractivity contribution >= 4 is 28.8 Å². The SMILES string of the molecule is CC(=O)CN(C)c1ncsc1C(=O)NC1CCCCC1. The van der Waals surface area contributed by atoms with Crippen LogP contribution in [0.4, 0.5) is 5.82 Å². The van der Waals surface area contributed by atoms with Crippen molar-refractivity contribution in [2.45, 2.75) is 45.1 Å². The van der Waals surface area contributed by atoms with E-state index in [4.69, 9.17) is 0 Å². The van der Waals surface area contributed by atoms with E-state index in [1.54, 1.807) is 17.5 Å². The second kappa shape index (κ2) is 6.83. The number of rotatable bonds is 5. The summed E-state index contributed by atoms with van der Waals surface area (Å²) in [6, 6.07) is 0.282. The van der Waals surface area contributed by atoms with E-state index in [2.05, 4.69) is 10.3 Å². The van der Waals surface area contributed by atoms with E-state index < -0.39 is 0 Å². The first-order chi connectivity index (χ1) is 9.58. The number of amides is 1. The van der Waals surface area contributed by atoms with E-state index in [9.17, 15) is 9.59 Å². The van der Waals surface area contributed by atoms with Gasteiger partial charge < -0.3 is 10.2 Å². The average molecular weight is 295 g/mol. The summed E-state index contributed by atoms with van der Waals surface area (Å²) < 4.78 is 0. The molecule has 0 atom stereocenters. The third-order valence-electron chi connectivity index (χ3n) is 3.52. The molecule has 1 amide bonds. The molecule has 0 aromatic carbocycles.